The molecular weight excluding hydrogens is 477 g/mol. The van der Waals surface area contributed by atoms with Gasteiger partial charge in [-0.25, -0.2) is 4.99 Å². The molecule has 5 nitrogen and oxygen atoms in total. The lowest BCUT2D eigenvalue weighted by Crippen LogP contribution is -2.38. The molecule has 0 bridgehead atoms. The summed E-state index contributed by atoms with van der Waals surface area (Å²) >= 11 is 0. The van der Waals surface area contributed by atoms with Gasteiger partial charge in [-0.2, -0.15) is 0 Å². The highest BCUT2D eigenvalue weighted by atomic mass is 127. The summed E-state index contributed by atoms with van der Waals surface area (Å²) < 4.78 is 5.67. The van der Waals surface area contributed by atoms with Crippen molar-refractivity contribution in [2.75, 3.05) is 13.1 Å². The van der Waals surface area contributed by atoms with E-state index >= 15 is 0 Å². The number of rotatable bonds is 10. The average molecular weight is 511 g/mol. The van der Waals surface area contributed by atoms with Gasteiger partial charge in [0.1, 0.15) is 0 Å². The largest absolute Gasteiger partial charge is 0.388 e. The molecule has 6 heteroatoms. The molecule has 2 rings (SSSR count). The van der Waals surface area contributed by atoms with Crippen molar-refractivity contribution in [1.82, 2.24) is 10.6 Å². The quantitative estimate of drug-likeness (QED) is 0.251. The third-order valence-corrected chi connectivity index (χ3v) is 4.23. The fourth-order valence-electron chi connectivity index (χ4n) is 2.76. The van der Waals surface area contributed by atoms with E-state index in [2.05, 4.69) is 33.8 Å². The van der Waals surface area contributed by atoms with Gasteiger partial charge >= 0.3 is 0 Å². The molecule has 0 aliphatic rings. The van der Waals surface area contributed by atoms with Crippen LogP contribution in [0.25, 0.3) is 0 Å². The van der Waals surface area contributed by atoms with E-state index in [-0.39, 0.29) is 30.1 Å². The standard InChI is InChI=1S/C23H33N3O2.HI/c1-4-24-23(25-14-13-22(27)21-11-6-5-7-12-21)26-16-19-9-8-10-20(15-19)17-28-18(2)3;/h5-12,15,18,22,27H,4,13-14,16-17H2,1-3H3,(H2,24,25,26);1H. The molecule has 1 unspecified atom stereocenters. The van der Waals surface area contributed by atoms with Crippen LogP contribution in [0.3, 0.4) is 0 Å². The number of nitrogens with zero attached hydrogens (tertiary/aromatic N) is 1. The molecule has 160 valence electrons. The van der Waals surface area contributed by atoms with E-state index in [1.807, 2.05) is 57.2 Å². The molecule has 0 aliphatic heterocycles. The van der Waals surface area contributed by atoms with Gasteiger partial charge < -0.3 is 20.5 Å². The number of hydrogen-bond donors (Lipinski definition) is 3. The molecule has 0 aliphatic carbocycles. The first-order valence-corrected chi connectivity index (χ1v) is 10.0. The zero-order valence-electron chi connectivity index (χ0n) is 17.6. The predicted octanol–water partition coefficient (Wildman–Crippen LogP) is 4.41. The summed E-state index contributed by atoms with van der Waals surface area (Å²) in [5.41, 5.74) is 3.24. The maximum absolute atomic E-state index is 10.3. The second-order valence-electron chi connectivity index (χ2n) is 7.02. The second-order valence-corrected chi connectivity index (χ2v) is 7.02. The summed E-state index contributed by atoms with van der Waals surface area (Å²) in [6.07, 6.45) is 0.364. The van der Waals surface area contributed by atoms with E-state index < -0.39 is 6.10 Å². The van der Waals surface area contributed by atoms with Gasteiger partial charge in [0.05, 0.1) is 25.4 Å². The molecule has 3 N–H and O–H groups in total. The summed E-state index contributed by atoms with van der Waals surface area (Å²) in [7, 11) is 0. The molecule has 0 fully saturated rings. The van der Waals surface area contributed by atoms with Crippen molar-refractivity contribution in [2.24, 2.45) is 4.99 Å². The average Bonchev–Trinajstić information content (AvgIpc) is 2.71. The van der Waals surface area contributed by atoms with Crippen molar-refractivity contribution in [3.8, 4) is 0 Å². The van der Waals surface area contributed by atoms with Gasteiger partial charge in [0, 0.05) is 13.1 Å². The lowest BCUT2D eigenvalue weighted by Gasteiger charge is -2.14. The minimum atomic E-state index is -0.478. The van der Waals surface area contributed by atoms with Crippen molar-refractivity contribution in [3.63, 3.8) is 0 Å². The van der Waals surface area contributed by atoms with Crippen LogP contribution in [-0.4, -0.2) is 30.3 Å². The fourth-order valence-corrected chi connectivity index (χ4v) is 2.76. The van der Waals surface area contributed by atoms with Gasteiger partial charge in [-0.1, -0.05) is 54.6 Å². The Morgan fingerprint density at radius 2 is 1.76 bits per heavy atom. The molecule has 2 aromatic carbocycles. The molecule has 0 amide bonds. The van der Waals surface area contributed by atoms with Crippen molar-refractivity contribution < 1.29 is 9.84 Å². The van der Waals surface area contributed by atoms with Crippen LogP contribution in [0.2, 0.25) is 0 Å². The van der Waals surface area contributed by atoms with E-state index in [0.717, 1.165) is 29.2 Å². The third kappa shape index (κ3) is 10.1. The van der Waals surface area contributed by atoms with Gasteiger partial charge in [-0.05, 0) is 43.9 Å². The molecule has 0 heterocycles. The summed E-state index contributed by atoms with van der Waals surface area (Å²) in [6, 6.07) is 18.0. The normalized spacial score (nSPS) is 12.4. The van der Waals surface area contributed by atoms with Gasteiger partial charge in [0.15, 0.2) is 5.96 Å². The number of aliphatic hydroxyl groups is 1. The molecule has 0 saturated heterocycles. The summed E-state index contributed by atoms with van der Waals surface area (Å²) in [4.78, 5) is 4.66. The number of aliphatic imine (C=N–C) groups is 1. The van der Waals surface area contributed by atoms with Crippen LogP contribution < -0.4 is 10.6 Å². The summed E-state index contributed by atoms with van der Waals surface area (Å²) in [6.45, 7) is 8.75. The lowest BCUT2D eigenvalue weighted by molar-refractivity contribution is 0.0657. The van der Waals surface area contributed by atoms with Gasteiger partial charge in [-0.15, -0.1) is 24.0 Å². The Morgan fingerprint density at radius 1 is 1.03 bits per heavy atom. The number of benzene rings is 2. The van der Waals surface area contributed by atoms with Crippen LogP contribution in [0.1, 0.15) is 50.0 Å². The highest BCUT2D eigenvalue weighted by Gasteiger charge is 2.07. The maximum atomic E-state index is 10.3. The highest BCUT2D eigenvalue weighted by molar-refractivity contribution is 14.0. The first kappa shape index (κ1) is 25.4. The summed E-state index contributed by atoms with van der Waals surface area (Å²) in [5.74, 6) is 0.756. The topological polar surface area (TPSA) is 65.9 Å². The van der Waals surface area contributed by atoms with Gasteiger partial charge in [0.2, 0.25) is 0 Å². The minimum Gasteiger partial charge on any atom is -0.388 e. The first-order valence-electron chi connectivity index (χ1n) is 10.0. The Labute approximate surface area is 192 Å². The molecular formula is C23H34IN3O2. The Kier molecular flexibility index (Phi) is 12.6. The molecule has 0 aromatic heterocycles. The van der Waals surface area contributed by atoms with Gasteiger partial charge in [0.25, 0.3) is 0 Å². The van der Waals surface area contributed by atoms with Crippen LogP contribution in [-0.2, 0) is 17.9 Å². The van der Waals surface area contributed by atoms with E-state index in [1.54, 1.807) is 0 Å². The maximum Gasteiger partial charge on any atom is 0.191 e. The van der Waals surface area contributed by atoms with E-state index in [9.17, 15) is 5.11 Å². The molecule has 0 radical (unpaired) electrons. The number of halogens is 1. The molecule has 0 saturated carbocycles. The van der Waals surface area contributed by atoms with E-state index in [1.165, 1.54) is 0 Å². The zero-order chi connectivity index (χ0) is 20.2. The fraction of sp³-hybridized carbons (Fsp3) is 0.435. The van der Waals surface area contributed by atoms with Crippen molar-refractivity contribution in [3.05, 3.63) is 71.3 Å². The van der Waals surface area contributed by atoms with E-state index in [4.69, 9.17) is 4.74 Å². The molecule has 1 atom stereocenters. The second kappa shape index (κ2) is 14.4. The minimum absolute atomic E-state index is 0. The smallest absolute Gasteiger partial charge is 0.191 e. The summed E-state index contributed by atoms with van der Waals surface area (Å²) in [5, 5.41) is 16.8. The van der Waals surface area contributed by atoms with Crippen LogP contribution in [0, 0.1) is 0 Å². The molecule has 29 heavy (non-hydrogen) atoms. The molecule has 2 aromatic rings. The highest BCUT2D eigenvalue weighted by Crippen LogP contribution is 2.15. The van der Waals surface area contributed by atoms with Crippen molar-refractivity contribution >= 4 is 29.9 Å². The Balaban J connectivity index is 0.00000420. The SMILES string of the molecule is CCNC(=NCc1cccc(COC(C)C)c1)NCCC(O)c1ccccc1.I. The monoisotopic (exact) mass is 511 g/mol. The molecule has 0 spiro atoms. The predicted molar refractivity (Wildman–Crippen MR) is 131 cm³/mol. The zero-order valence-corrected chi connectivity index (χ0v) is 19.9. The van der Waals surface area contributed by atoms with Gasteiger partial charge in [-0.3, -0.25) is 0 Å². The Hall–Kier alpha value is -1.64. The van der Waals surface area contributed by atoms with Crippen molar-refractivity contribution in [1.29, 1.82) is 0 Å². The van der Waals surface area contributed by atoms with Crippen molar-refractivity contribution in [2.45, 2.75) is 52.6 Å². The number of ether oxygens (including phenoxy) is 1. The van der Waals surface area contributed by atoms with E-state index in [0.29, 0.717) is 26.1 Å². The number of guanidine groups is 1. The third-order valence-electron chi connectivity index (χ3n) is 4.23. The Morgan fingerprint density at radius 3 is 2.45 bits per heavy atom. The number of nitrogens with one attached hydrogen (secondary N) is 2. The number of hydrogen-bond acceptors (Lipinski definition) is 3. The number of aliphatic hydroxyl groups excluding tert-OH is 1. The Bertz CT molecular complexity index is 723. The lowest BCUT2D eigenvalue weighted by atomic mass is 10.1. The van der Waals surface area contributed by atoms with Crippen LogP contribution in [0.4, 0.5) is 0 Å². The van der Waals surface area contributed by atoms with Crippen LogP contribution >= 0.6 is 24.0 Å². The van der Waals surface area contributed by atoms with Crippen LogP contribution in [0.15, 0.2) is 59.6 Å². The van der Waals surface area contributed by atoms with Crippen LogP contribution in [0.5, 0.6) is 0 Å². The first-order chi connectivity index (χ1) is 13.6.